The van der Waals surface area contributed by atoms with Crippen LogP contribution in [0.25, 0.3) is 0 Å². The topological polar surface area (TPSA) is 44.7 Å². The van der Waals surface area contributed by atoms with E-state index < -0.39 is 11.2 Å². The number of thiophene rings is 1. The van der Waals surface area contributed by atoms with Crippen LogP contribution < -0.4 is 0 Å². The Labute approximate surface area is 83.6 Å². The largest absolute Gasteiger partial charge is 0.610 e. The maximum atomic E-state index is 11.6. The molecule has 0 fully saturated rings. The van der Waals surface area contributed by atoms with Crippen molar-refractivity contribution in [1.82, 2.24) is 0 Å². The molecule has 1 aliphatic heterocycles. The summed E-state index contributed by atoms with van der Waals surface area (Å²) in [4.78, 5) is 6.02. The molecule has 1 aliphatic rings. The van der Waals surface area contributed by atoms with E-state index in [-0.39, 0.29) is 6.10 Å². The Morgan fingerprint density at radius 2 is 2.62 bits per heavy atom. The van der Waals surface area contributed by atoms with Gasteiger partial charge in [-0.25, -0.2) is 0 Å². The number of hydrogen-bond donors (Lipinski definition) is 0. The summed E-state index contributed by atoms with van der Waals surface area (Å²) in [6.45, 7) is 1.87. The van der Waals surface area contributed by atoms with Gasteiger partial charge in [-0.3, -0.25) is 0 Å². The molecule has 0 bridgehead atoms. The Morgan fingerprint density at radius 3 is 3.23 bits per heavy atom. The van der Waals surface area contributed by atoms with Crippen LogP contribution in [-0.4, -0.2) is 21.5 Å². The fourth-order valence-electron chi connectivity index (χ4n) is 1.06. The van der Waals surface area contributed by atoms with E-state index in [1.807, 2.05) is 24.4 Å². The fraction of sp³-hybridized carbons (Fsp3) is 0.375. The zero-order chi connectivity index (χ0) is 9.26. The standard InChI is InChI=1S/C8H9NO2S2/c1-6-5-13(10)8(9-11-6)7-3-2-4-12-7/h2-4,6H,5H2,1H3. The Hall–Kier alpha value is -0.520. The van der Waals surface area contributed by atoms with Crippen LogP contribution in [0.2, 0.25) is 0 Å². The van der Waals surface area contributed by atoms with Gasteiger partial charge in [0.2, 0.25) is 0 Å². The minimum absolute atomic E-state index is 0.0375. The van der Waals surface area contributed by atoms with Gasteiger partial charge in [-0.15, -0.1) is 11.3 Å². The predicted octanol–water partition coefficient (Wildman–Crippen LogP) is 1.58. The second-order valence-corrected chi connectivity index (χ2v) is 5.16. The molecule has 5 heteroatoms. The van der Waals surface area contributed by atoms with Crippen LogP contribution >= 0.6 is 11.3 Å². The second kappa shape index (κ2) is 3.69. The summed E-state index contributed by atoms with van der Waals surface area (Å²) < 4.78 is 11.6. The summed E-state index contributed by atoms with van der Waals surface area (Å²) in [5.74, 6) is 0.538. The third kappa shape index (κ3) is 1.87. The van der Waals surface area contributed by atoms with Crippen molar-refractivity contribution < 1.29 is 9.39 Å². The van der Waals surface area contributed by atoms with Crippen LogP contribution in [0.5, 0.6) is 0 Å². The lowest BCUT2D eigenvalue weighted by molar-refractivity contribution is 0.0857. The maximum absolute atomic E-state index is 11.6. The third-order valence-electron chi connectivity index (χ3n) is 1.65. The van der Waals surface area contributed by atoms with Gasteiger partial charge in [-0.05, 0) is 23.5 Å². The highest BCUT2D eigenvalue weighted by Gasteiger charge is 2.28. The van der Waals surface area contributed by atoms with Crippen molar-refractivity contribution in [3.05, 3.63) is 22.4 Å². The molecule has 0 N–H and O–H groups in total. The molecule has 0 saturated carbocycles. The zero-order valence-electron chi connectivity index (χ0n) is 7.10. The number of nitrogens with zero attached hydrogens (tertiary/aromatic N) is 1. The molecule has 0 radical (unpaired) electrons. The van der Waals surface area contributed by atoms with Crippen LogP contribution in [0.1, 0.15) is 11.8 Å². The fourth-order valence-corrected chi connectivity index (χ4v) is 3.15. The maximum Gasteiger partial charge on any atom is 0.295 e. The van der Waals surface area contributed by atoms with Crippen LogP contribution in [0.3, 0.4) is 0 Å². The molecule has 70 valence electrons. The Bertz CT molecular complexity index is 310. The summed E-state index contributed by atoms with van der Waals surface area (Å²) in [5.41, 5.74) is 0. The highest BCUT2D eigenvalue weighted by Crippen LogP contribution is 2.19. The molecule has 3 nitrogen and oxygen atoms in total. The zero-order valence-corrected chi connectivity index (χ0v) is 8.73. The first-order valence-corrected chi connectivity index (χ1v) is 6.13. The van der Waals surface area contributed by atoms with Gasteiger partial charge in [0, 0.05) is 11.2 Å². The normalized spacial score (nSPS) is 28.0. The molecule has 0 aromatic carbocycles. The summed E-state index contributed by atoms with van der Waals surface area (Å²) >= 11 is 0.529. The number of oxime groups is 1. The molecule has 13 heavy (non-hydrogen) atoms. The number of rotatable bonds is 1. The molecule has 2 atom stereocenters. The Morgan fingerprint density at radius 1 is 1.77 bits per heavy atom. The minimum Gasteiger partial charge on any atom is -0.610 e. The average Bonchev–Trinajstić information content (AvgIpc) is 2.56. The quantitative estimate of drug-likeness (QED) is 0.668. The number of hydrogen-bond acceptors (Lipinski definition) is 4. The molecule has 0 aliphatic carbocycles. The smallest absolute Gasteiger partial charge is 0.295 e. The van der Waals surface area contributed by atoms with Gasteiger partial charge in [0.25, 0.3) is 5.04 Å². The van der Waals surface area contributed by atoms with Gasteiger partial charge in [-0.1, -0.05) is 6.07 Å². The van der Waals surface area contributed by atoms with Gasteiger partial charge < -0.3 is 9.39 Å². The molecule has 1 aromatic rings. The van der Waals surface area contributed by atoms with Crippen molar-refractivity contribution in [1.29, 1.82) is 0 Å². The molecule has 0 amide bonds. The summed E-state index contributed by atoms with van der Waals surface area (Å²) in [7, 11) is 0. The molecule has 0 saturated heterocycles. The van der Waals surface area contributed by atoms with Crippen molar-refractivity contribution in [3.8, 4) is 0 Å². The van der Waals surface area contributed by atoms with E-state index in [2.05, 4.69) is 5.16 Å². The van der Waals surface area contributed by atoms with E-state index in [1.54, 1.807) is 0 Å². The van der Waals surface area contributed by atoms with Gasteiger partial charge in [0.1, 0.15) is 4.88 Å². The van der Waals surface area contributed by atoms with Gasteiger partial charge in [0.05, 0.1) is 0 Å². The van der Waals surface area contributed by atoms with Gasteiger partial charge in [0.15, 0.2) is 11.9 Å². The van der Waals surface area contributed by atoms with Gasteiger partial charge in [-0.2, -0.15) is 0 Å². The van der Waals surface area contributed by atoms with Crippen molar-refractivity contribution in [2.24, 2.45) is 5.16 Å². The molecule has 0 spiro atoms. The van der Waals surface area contributed by atoms with E-state index in [0.29, 0.717) is 10.8 Å². The van der Waals surface area contributed by atoms with Crippen molar-refractivity contribution in [2.75, 3.05) is 5.75 Å². The second-order valence-electron chi connectivity index (χ2n) is 2.80. The highest BCUT2D eigenvalue weighted by atomic mass is 32.2. The molecule has 2 unspecified atom stereocenters. The molecule has 2 rings (SSSR count). The minimum atomic E-state index is -1.00. The van der Waals surface area contributed by atoms with E-state index in [4.69, 9.17) is 4.84 Å². The van der Waals surface area contributed by atoms with Crippen LogP contribution in [0, 0.1) is 0 Å². The lowest BCUT2D eigenvalue weighted by atomic mass is 10.5. The van der Waals surface area contributed by atoms with E-state index in [0.717, 1.165) is 4.88 Å². The summed E-state index contributed by atoms with van der Waals surface area (Å²) in [6.07, 6.45) is -0.0375. The van der Waals surface area contributed by atoms with Crippen LogP contribution in [0.15, 0.2) is 22.7 Å². The average molecular weight is 215 g/mol. The predicted molar refractivity (Wildman–Crippen MR) is 54.4 cm³/mol. The van der Waals surface area contributed by atoms with E-state index >= 15 is 0 Å². The van der Waals surface area contributed by atoms with Crippen molar-refractivity contribution in [2.45, 2.75) is 13.0 Å². The highest BCUT2D eigenvalue weighted by molar-refractivity contribution is 8.07. The van der Waals surface area contributed by atoms with E-state index in [1.165, 1.54) is 11.3 Å². The molecule has 1 aromatic heterocycles. The lowest BCUT2D eigenvalue weighted by Crippen LogP contribution is -2.31. The molecular weight excluding hydrogens is 206 g/mol. The first kappa shape index (κ1) is 9.05. The van der Waals surface area contributed by atoms with Crippen molar-refractivity contribution >= 4 is 27.6 Å². The first-order chi connectivity index (χ1) is 6.27. The first-order valence-electron chi connectivity index (χ1n) is 3.93. The van der Waals surface area contributed by atoms with Gasteiger partial charge >= 0.3 is 0 Å². The molecular formula is C8H9NO2S2. The lowest BCUT2D eigenvalue weighted by Gasteiger charge is -2.19. The Balaban J connectivity index is 2.24. The Kier molecular flexibility index (Phi) is 2.57. The van der Waals surface area contributed by atoms with E-state index in [9.17, 15) is 4.55 Å². The monoisotopic (exact) mass is 215 g/mol. The SMILES string of the molecule is CC1C[S+]([O-])C(c2cccs2)=NO1. The third-order valence-corrected chi connectivity index (χ3v) is 4.15. The molecule has 2 heterocycles. The van der Waals surface area contributed by atoms with Crippen LogP contribution in [0.4, 0.5) is 0 Å². The summed E-state index contributed by atoms with van der Waals surface area (Å²) in [5, 5.41) is 6.38. The summed E-state index contributed by atoms with van der Waals surface area (Å²) in [6, 6.07) is 3.82. The van der Waals surface area contributed by atoms with Crippen LogP contribution in [-0.2, 0) is 16.0 Å². The van der Waals surface area contributed by atoms with Crippen molar-refractivity contribution in [3.63, 3.8) is 0 Å².